The van der Waals surface area contributed by atoms with Crippen molar-refractivity contribution >= 4 is 45.5 Å². The summed E-state index contributed by atoms with van der Waals surface area (Å²) < 4.78 is 13.2. The minimum Gasteiger partial charge on any atom is -0.486 e. The summed E-state index contributed by atoms with van der Waals surface area (Å²) >= 11 is 1.02. The van der Waals surface area contributed by atoms with Crippen LogP contribution in [0.1, 0.15) is 28.7 Å². The standard InChI is InChI=1S/C33H28N4O5S/c1-33(31(39)36-32(40)43-33)19-21-8-12-24(13-9-21)41-20-29-35-27-17-16-26(18-28(27)37(29)2)42-25-14-10-23(11-15-25)34-30(38)22-6-4-3-5-7-22/h3-18H,19-20H2,1-2H3,(H,34,38)(H,36,39,40). The predicted molar refractivity (Wildman–Crippen MR) is 166 cm³/mol. The number of imide groups is 1. The molecule has 0 radical (unpaired) electrons. The highest BCUT2D eigenvalue weighted by Crippen LogP contribution is 2.35. The SMILES string of the molecule is Cn1c(COc2ccc(CC3(C)SC(=O)NC3=O)cc2)nc2ccc(Oc3ccc(NC(=O)c4ccccc4)cc3)cc21. The van der Waals surface area contributed by atoms with Crippen LogP contribution < -0.4 is 20.1 Å². The highest BCUT2D eigenvalue weighted by atomic mass is 32.2. The molecule has 3 amide bonds. The Morgan fingerprint density at radius 1 is 0.930 bits per heavy atom. The first-order valence-electron chi connectivity index (χ1n) is 13.6. The Labute approximate surface area is 252 Å². The fraction of sp³-hybridized carbons (Fsp3) is 0.152. The van der Waals surface area contributed by atoms with Crippen LogP contribution in [0.3, 0.4) is 0 Å². The summed E-state index contributed by atoms with van der Waals surface area (Å²) in [7, 11) is 1.93. The molecule has 1 saturated heterocycles. The maximum absolute atomic E-state index is 12.4. The Bertz CT molecular complexity index is 1820. The maximum atomic E-state index is 12.4. The van der Waals surface area contributed by atoms with Crippen LogP contribution in [0.5, 0.6) is 17.2 Å². The minimum atomic E-state index is -0.807. The molecule has 1 aliphatic rings. The first-order chi connectivity index (χ1) is 20.8. The van der Waals surface area contributed by atoms with Crippen LogP contribution in [0.4, 0.5) is 10.5 Å². The van der Waals surface area contributed by atoms with Gasteiger partial charge in [-0.2, -0.15) is 0 Å². The highest BCUT2D eigenvalue weighted by Gasteiger charge is 2.43. The third-order valence-electron chi connectivity index (χ3n) is 7.18. The number of hydrogen-bond acceptors (Lipinski definition) is 7. The fourth-order valence-corrected chi connectivity index (χ4v) is 5.74. The first kappa shape index (κ1) is 28.0. The third-order valence-corrected chi connectivity index (χ3v) is 8.24. The molecular formula is C33H28N4O5S. The van der Waals surface area contributed by atoms with Crippen LogP contribution in [0.15, 0.2) is 97.1 Å². The van der Waals surface area contributed by atoms with Gasteiger partial charge in [0.25, 0.3) is 11.1 Å². The van der Waals surface area contributed by atoms with E-state index in [2.05, 4.69) is 10.6 Å². The lowest BCUT2D eigenvalue weighted by Gasteiger charge is -2.18. The smallest absolute Gasteiger partial charge is 0.286 e. The number of ether oxygens (including phenoxy) is 2. The van der Waals surface area contributed by atoms with Crippen molar-refractivity contribution in [1.29, 1.82) is 0 Å². The van der Waals surface area contributed by atoms with E-state index in [1.54, 1.807) is 43.3 Å². The molecule has 4 aromatic carbocycles. The van der Waals surface area contributed by atoms with Gasteiger partial charge in [-0.3, -0.25) is 19.7 Å². The summed E-state index contributed by atoms with van der Waals surface area (Å²) in [6.45, 7) is 2.04. The van der Waals surface area contributed by atoms with Gasteiger partial charge in [-0.15, -0.1) is 0 Å². The van der Waals surface area contributed by atoms with Crippen molar-refractivity contribution in [3.8, 4) is 17.2 Å². The second-order valence-corrected chi connectivity index (χ2v) is 11.8. The Balaban J connectivity index is 1.07. The molecule has 1 unspecified atom stereocenters. The van der Waals surface area contributed by atoms with E-state index in [0.29, 0.717) is 34.9 Å². The lowest BCUT2D eigenvalue weighted by atomic mass is 9.99. The Kier molecular flexibility index (Phi) is 7.60. The molecule has 0 bridgehead atoms. The molecule has 0 spiro atoms. The summed E-state index contributed by atoms with van der Waals surface area (Å²) in [5.41, 5.74) is 3.92. The number of thioether (sulfide) groups is 1. The lowest BCUT2D eigenvalue weighted by Crippen LogP contribution is -2.35. The van der Waals surface area contributed by atoms with E-state index in [9.17, 15) is 14.4 Å². The maximum Gasteiger partial charge on any atom is 0.286 e. The highest BCUT2D eigenvalue weighted by molar-refractivity contribution is 8.16. The number of hydrogen-bond donors (Lipinski definition) is 2. The van der Waals surface area contributed by atoms with Crippen molar-refractivity contribution in [3.63, 3.8) is 0 Å². The van der Waals surface area contributed by atoms with Gasteiger partial charge >= 0.3 is 0 Å². The van der Waals surface area contributed by atoms with Crippen molar-refractivity contribution in [1.82, 2.24) is 14.9 Å². The predicted octanol–water partition coefficient (Wildman–Crippen LogP) is 6.48. The van der Waals surface area contributed by atoms with E-state index in [1.165, 1.54) is 0 Å². The van der Waals surface area contributed by atoms with Gasteiger partial charge in [-0.05, 0) is 91.3 Å². The minimum absolute atomic E-state index is 0.171. The number of benzene rings is 4. The first-order valence-corrected chi connectivity index (χ1v) is 14.4. The van der Waals surface area contributed by atoms with Gasteiger partial charge < -0.3 is 19.4 Å². The number of fused-ring (bicyclic) bond motifs is 1. The summed E-state index contributed by atoms with van der Waals surface area (Å²) in [4.78, 5) is 40.8. The molecule has 9 nitrogen and oxygen atoms in total. The van der Waals surface area contributed by atoms with Gasteiger partial charge in [-0.25, -0.2) is 4.98 Å². The molecular weight excluding hydrogens is 564 g/mol. The van der Waals surface area contributed by atoms with Gasteiger partial charge in [-0.1, -0.05) is 30.3 Å². The Hall–Kier alpha value is -5.09. The average molecular weight is 593 g/mol. The van der Waals surface area contributed by atoms with E-state index in [0.717, 1.165) is 34.2 Å². The third kappa shape index (κ3) is 6.24. The van der Waals surface area contributed by atoms with Crippen LogP contribution >= 0.6 is 11.8 Å². The number of aromatic nitrogens is 2. The molecule has 43 heavy (non-hydrogen) atoms. The van der Waals surface area contributed by atoms with Gasteiger partial charge in [0.05, 0.1) is 11.0 Å². The van der Waals surface area contributed by atoms with Crippen LogP contribution in [0.2, 0.25) is 0 Å². The number of rotatable bonds is 9. The average Bonchev–Trinajstić information content (AvgIpc) is 3.46. The summed E-state index contributed by atoms with van der Waals surface area (Å²) in [5, 5.41) is 4.93. The topological polar surface area (TPSA) is 112 Å². The molecule has 1 atom stereocenters. The van der Waals surface area contributed by atoms with Crippen molar-refractivity contribution in [2.75, 3.05) is 5.32 Å². The molecule has 6 rings (SSSR count). The number of imidazole rings is 1. The number of carbonyl (C=O) groups is 3. The molecule has 1 fully saturated rings. The van der Waals surface area contributed by atoms with Crippen molar-refractivity contribution in [2.24, 2.45) is 7.05 Å². The number of aryl methyl sites for hydroxylation is 1. The second-order valence-electron chi connectivity index (χ2n) is 10.4. The van der Waals surface area contributed by atoms with E-state index in [-0.39, 0.29) is 23.7 Å². The van der Waals surface area contributed by atoms with Crippen LogP contribution in [-0.2, 0) is 24.9 Å². The molecule has 0 aliphatic carbocycles. The molecule has 216 valence electrons. The van der Waals surface area contributed by atoms with Gasteiger partial charge in [0, 0.05) is 24.4 Å². The summed E-state index contributed by atoms with van der Waals surface area (Å²) in [5.74, 6) is 2.28. The largest absolute Gasteiger partial charge is 0.486 e. The molecule has 1 aliphatic heterocycles. The molecule has 1 aromatic heterocycles. The van der Waals surface area contributed by atoms with Crippen molar-refractivity contribution < 1.29 is 23.9 Å². The van der Waals surface area contributed by atoms with E-state index in [4.69, 9.17) is 14.5 Å². The van der Waals surface area contributed by atoms with E-state index < -0.39 is 4.75 Å². The van der Waals surface area contributed by atoms with Gasteiger partial charge in [0.2, 0.25) is 5.91 Å². The Morgan fingerprint density at radius 3 is 2.33 bits per heavy atom. The summed E-state index contributed by atoms with van der Waals surface area (Å²) in [6.07, 6.45) is 0.444. The number of amides is 3. The molecule has 5 aromatic rings. The zero-order valence-electron chi connectivity index (χ0n) is 23.5. The molecule has 2 N–H and O–H groups in total. The normalized spacial score (nSPS) is 16.2. The zero-order chi connectivity index (χ0) is 30.0. The fourth-order valence-electron chi connectivity index (χ4n) is 4.81. The van der Waals surface area contributed by atoms with Crippen LogP contribution in [-0.4, -0.2) is 31.4 Å². The lowest BCUT2D eigenvalue weighted by molar-refractivity contribution is -0.121. The molecule has 2 heterocycles. The number of nitrogens with zero attached hydrogens (tertiary/aromatic N) is 2. The van der Waals surface area contributed by atoms with Crippen LogP contribution in [0.25, 0.3) is 11.0 Å². The van der Waals surface area contributed by atoms with Gasteiger partial charge in [0.15, 0.2) is 0 Å². The zero-order valence-corrected chi connectivity index (χ0v) is 24.3. The van der Waals surface area contributed by atoms with Crippen molar-refractivity contribution in [2.45, 2.75) is 24.7 Å². The number of carbonyl (C=O) groups excluding carboxylic acids is 3. The van der Waals surface area contributed by atoms with Crippen molar-refractivity contribution in [3.05, 3.63) is 114 Å². The number of nitrogens with one attached hydrogen (secondary N) is 2. The second kappa shape index (κ2) is 11.7. The summed E-state index contributed by atoms with van der Waals surface area (Å²) in [6, 6.07) is 29.5. The Morgan fingerprint density at radius 2 is 1.63 bits per heavy atom. The monoisotopic (exact) mass is 592 g/mol. The van der Waals surface area contributed by atoms with Crippen LogP contribution in [0, 0.1) is 0 Å². The van der Waals surface area contributed by atoms with E-state index >= 15 is 0 Å². The molecule has 0 saturated carbocycles. The number of anilines is 1. The van der Waals surface area contributed by atoms with E-state index in [1.807, 2.05) is 72.3 Å². The molecule has 10 heteroatoms. The van der Waals surface area contributed by atoms with Gasteiger partial charge in [0.1, 0.15) is 34.4 Å². The quantitative estimate of drug-likeness (QED) is 0.201.